The van der Waals surface area contributed by atoms with Crippen molar-refractivity contribution in [3.05, 3.63) is 59.4 Å². The lowest BCUT2D eigenvalue weighted by Gasteiger charge is -2.29. The molecular weight excluding hydrogens is 494 g/mol. The van der Waals surface area contributed by atoms with Gasteiger partial charge in [-0.05, 0) is 61.2 Å². The Kier molecular flexibility index (Phi) is 11.0. The normalized spacial score (nSPS) is 18.3. The number of ether oxygens (including phenoxy) is 2. The van der Waals surface area contributed by atoms with Crippen molar-refractivity contribution in [2.75, 3.05) is 32.8 Å². The molecule has 1 fully saturated rings. The number of benzene rings is 2. The number of rotatable bonds is 12. The zero-order valence-corrected chi connectivity index (χ0v) is 20.8. The van der Waals surface area contributed by atoms with Crippen LogP contribution < -0.4 is 14.8 Å². The van der Waals surface area contributed by atoms with Crippen LogP contribution in [0.5, 0.6) is 11.5 Å². The highest BCUT2D eigenvalue weighted by atomic mass is 19.1. The number of Topliss-reactive ketones (excluding diaryl/α,β-unsaturated/α-hetero) is 1. The highest BCUT2D eigenvalue weighted by molar-refractivity contribution is 5.95. The average molecular weight is 533 g/mol. The van der Waals surface area contributed by atoms with Gasteiger partial charge in [0.25, 0.3) is 0 Å². The minimum atomic E-state index is -1.01. The lowest BCUT2D eigenvalue weighted by atomic mass is 10.00. The lowest BCUT2D eigenvalue weighted by Crippen LogP contribution is -2.46. The van der Waals surface area contributed by atoms with Gasteiger partial charge in [0.1, 0.15) is 31.3 Å². The average Bonchev–Trinajstić information content (AvgIpc) is 3.32. The summed E-state index contributed by atoms with van der Waals surface area (Å²) in [5, 5.41) is 14.1. The number of nitrogens with one attached hydrogen (secondary N) is 1. The summed E-state index contributed by atoms with van der Waals surface area (Å²) < 4.78 is 38.0. The largest absolute Gasteiger partial charge is 0.486 e. The number of amides is 1. The number of aliphatic hydroxyl groups excluding tert-OH is 1. The van der Waals surface area contributed by atoms with Crippen molar-refractivity contribution in [3.63, 3.8) is 0 Å². The van der Waals surface area contributed by atoms with Crippen molar-refractivity contribution < 1.29 is 33.0 Å². The fourth-order valence-corrected chi connectivity index (χ4v) is 4.74. The molecule has 1 amide bonds. The van der Waals surface area contributed by atoms with E-state index < -0.39 is 18.3 Å². The number of fused-ring (bicyclic) bond motifs is 1. The molecule has 0 bridgehead atoms. The topological polar surface area (TPSA) is 88.1 Å². The number of hydrogen-bond acceptors (Lipinski definition) is 6. The van der Waals surface area contributed by atoms with Gasteiger partial charge in [0, 0.05) is 38.0 Å². The van der Waals surface area contributed by atoms with Crippen LogP contribution in [0.4, 0.5) is 8.78 Å². The maximum atomic E-state index is 13.8. The van der Waals surface area contributed by atoms with Gasteiger partial charge in [-0.1, -0.05) is 19.9 Å². The molecule has 9 heteroatoms. The second-order valence-corrected chi connectivity index (χ2v) is 9.66. The van der Waals surface area contributed by atoms with E-state index in [4.69, 9.17) is 9.47 Å². The van der Waals surface area contributed by atoms with Gasteiger partial charge in [0.05, 0.1) is 6.04 Å². The highest BCUT2D eigenvalue weighted by Crippen LogP contribution is 2.33. The third kappa shape index (κ3) is 8.23. The summed E-state index contributed by atoms with van der Waals surface area (Å²) >= 11 is 0. The number of ketones is 1. The van der Waals surface area contributed by atoms with Gasteiger partial charge in [-0.3, -0.25) is 14.5 Å². The first-order valence-corrected chi connectivity index (χ1v) is 12.9. The molecule has 1 saturated heterocycles. The number of carbonyl (C=O) groups is 2. The van der Waals surface area contributed by atoms with Crippen LogP contribution in [-0.2, 0) is 4.79 Å². The Morgan fingerprint density at radius 2 is 1.74 bits per heavy atom. The number of alkyl halides is 1. The maximum Gasteiger partial charge on any atom is 0.220 e. The van der Waals surface area contributed by atoms with E-state index in [1.54, 1.807) is 18.2 Å². The first-order chi connectivity index (χ1) is 17.9. The van der Waals surface area contributed by atoms with Crippen molar-refractivity contribution in [3.8, 4) is 11.5 Å². The number of halogens is 2. The standard InChI is InChI=1S/C28H34F2N2O5.CH4/c29-21-9-6-19(7-10-21)24(33)4-2-1-3-5-27(34)31-23(18-32-13-12-22(30)17-32)28(35)20-8-11-25-26(16-20)37-15-14-36-25;/h6-11,16,22-23,28,35H,1-5,12-15,17-18H2,(H,31,34);1H4/t22-,23-,28-;/m1./s1. The van der Waals surface area contributed by atoms with Gasteiger partial charge in [-0.15, -0.1) is 0 Å². The fourth-order valence-electron chi connectivity index (χ4n) is 4.74. The Morgan fingerprint density at radius 1 is 1.03 bits per heavy atom. The van der Waals surface area contributed by atoms with Crippen LogP contribution in [0.25, 0.3) is 0 Å². The summed E-state index contributed by atoms with van der Waals surface area (Å²) in [6, 6.07) is 10.1. The number of unbranched alkanes of at least 4 members (excludes halogenated alkanes) is 2. The van der Waals surface area contributed by atoms with Gasteiger partial charge in [-0.2, -0.15) is 0 Å². The molecule has 2 N–H and O–H groups in total. The van der Waals surface area contributed by atoms with Crippen LogP contribution in [0.1, 0.15) is 68.0 Å². The molecule has 7 nitrogen and oxygen atoms in total. The molecule has 0 spiro atoms. The molecule has 38 heavy (non-hydrogen) atoms. The third-order valence-corrected chi connectivity index (χ3v) is 6.78. The molecule has 0 unspecified atom stereocenters. The van der Waals surface area contributed by atoms with Crippen molar-refractivity contribution in [2.45, 2.75) is 64.3 Å². The maximum absolute atomic E-state index is 13.8. The SMILES string of the molecule is C.O=C(CCCCCC(=O)c1ccc(F)cc1)N[C@H](CN1CC[C@@H](F)C1)[C@H](O)c1ccc2c(c1)OCCO2. The monoisotopic (exact) mass is 532 g/mol. The number of carbonyl (C=O) groups excluding carboxylic acids is 2. The van der Waals surface area contributed by atoms with Gasteiger partial charge in [0.15, 0.2) is 17.3 Å². The van der Waals surface area contributed by atoms with Gasteiger partial charge >= 0.3 is 0 Å². The molecule has 2 aliphatic rings. The Bertz CT molecular complexity index is 1070. The zero-order chi connectivity index (χ0) is 26.2. The molecule has 4 rings (SSSR count). The van der Waals surface area contributed by atoms with Crippen LogP contribution in [0.2, 0.25) is 0 Å². The molecule has 2 heterocycles. The van der Waals surface area contributed by atoms with Gasteiger partial charge in [-0.25, -0.2) is 8.78 Å². The minimum absolute atomic E-state index is 0. The Hall–Kier alpha value is -3.04. The molecule has 0 aliphatic carbocycles. The van der Waals surface area contributed by atoms with E-state index in [-0.39, 0.29) is 37.9 Å². The predicted octanol–water partition coefficient (Wildman–Crippen LogP) is 4.63. The lowest BCUT2D eigenvalue weighted by molar-refractivity contribution is -0.123. The van der Waals surface area contributed by atoms with E-state index in [9.17, 15) is 23.5 Å². The van der Waals surface area contributed by atoms with Crippen LogP contribution in [-0.4, -0.2) is 66.8 Å². The summed E-state index contributed by atoms with van der Waals surface area (Å²) in [5.41, 5.74) is 1.07. The second kappa shape index (κ2) is 14.2. The summed E-state index contributed by atoms with van der Waals surface area (Å²) in [5.74, 6) is 0.522. The fraction of sp³-hybridized carbons (Fsp3) is 0.517. The third-order valence-electron chi connectivity index (χ3n) is 6.78. The van der Waals surface area contributed by atoms with E-state index in [1.807, 2.05) is 4.90 Å². The smallest absolute Gasteiger partial charge is 0.220 e. The Balaban J connectivity index is 0.00000400. The van der Waals surface area contributed by atoms with Crippen LogP contribution in [0.15, 0.2) is 42.5 Å². The van der Waals surface area contributed by atoms with Crippen LogP contribution in [0, 0.1) is 5.82 Å². The van der Waals surface area contributed by atoms with Crippen LogP contribution in [0.3, 0.4) is 0 Å². The van der Waals surface area contributed by atoms with Crippen molar-refractivity contribution >= 4 is 11.7 Å². The number of likely N-dealkylation sites (tertiary alicyclic amines) is 1. The first-order valence-electron chi connectivity index (χ1n) is 12.9. The molecule has 0 saturated carbocycles. The zero-order valence-electron chi connectivity index (χ0n) is 20.8. The van der Waals surface area contributed by atoms with E-state index >= 15 is 0 Å². The molecule has 2 aliphatic heterocycles. The molecule has 3 atom stereocenters. The van der Waals surface area contributed by atoms with Crippen molar-refractivity contribution in [1.29, 1.82) is 0 Å². The van der Waals surface area contributed by atoms with Gasteiger partial charge < -0.3 is 19.9 Å². The Labute approximate surface area is 223 Å². The summed E-state index contributed by atoms with van der Waals surface area (Å²) in [6.45, 7) is 2.07. The molecular formula is C29H38F2N2O5. The highest BCUT2D eigenvalue weighted by Gasteiger charge is 2.30. The van der Waals surface area contributed by atoms with Crippen molar-refractivity contribution in [1.82, 2.24) is 10.2 Å². The number of hydrogen-bond donors (Lipinski definition) is 2. The summed E-state index contributed by atoms with van der Waals surface area (Å²) in [7, 11) is 0. The Morgan fingerprint density at radius 3 is 2.45 bits per heavy atom. The molecule has 2 aromatic rings. The van der Waals surface area contributed by atoms with E-state index in [0.29, 0.717) is 81.0 Å². The van der Waals surface area contributed by atoms with Crippen LogP contribution >= 0.6 is 0 Å². The van der Waals surface area contributed by atoms with E-state index in [1.165, 1.54) is 24.3 Å². The molecule has 208 valence electrons. The predicted molar refractivity (Wildman–Crippen MR) is 141 cm³/mol. The second-order valence-electron chi connectivity index (χ2n) is 9.66. The number of aliphatic hydroxyl groups is 1. The molecule has 2 aromatic carbocycles. The van der Waals surface area contributed by atoms with E-state index in [2.05, 4.69) is 5.32 Å². The first kappa shape index (κ1) is 29.5. The quantitative estimate of drug-likeness (QED) is 0.306. The van der Waals surface area contributed by atoms with E-state index in [0.717, 1.165) is 0 Å². The van der Waals surface area contributed by atoms with Crippen molar-refractivity contribution in [2.24, 2.45) is 0 Å². The van der Waals surface area contributed by atoms with Gasteiger partial charge in [0.2, 0.25) is 5.91 Å². The summed E-state index contributed by atoms with van der Waals surface area (Å²) in [6.07, 6.45) is 1.01. The molecule has 0 aromatic heterocycles. The number of nitrogens with zero attached hydrogens (tertiary/aromatic N) is 1. The minimum Gasteiger partial charge on any atom is -0.486 e. The summed E-state index contributed by atoms with van der Waals surface area (Å²) in [4.78, 5) is 26.9. The molecule has 0 radical (unpaired) electrons.